The van der Waals surface area contributed by atoms with E-state index in [-0.39, 0.29) is 0 Å². The van der Waals surface area contributed by atoms with Crippen LogP contribution in [0, 0.1) is 16.9 Å². The van der Waals surface area contributed by atoms with Gasteiger partial charge in [0, 0.05) is 6.54 Å². The van der Waals surface area contributed by atoms with Crippen molar-refractivity contribution < 1.29 is 0 Å². The lowest BCUT2D eigenvalue weighted by molar-refractivity contribution is 0.506. The molecule has 0 saturated heterocycles. The Kier molecular flexibility index (Phi) is 3.61. The maximum Gasteiger partial charge on any atom is 0.183 e. The van der Waals surface area contributed by atoms with Gasteiger partial charge in [0.05, 0.1) is 0 Å². The van der Waals surface area contributed by atoms with E-state index in [4.69, 9.17) is 5.26 Å². The smallest absolute Gasteiger partial charge is 0.183 e. The van der Waals surface area contributed by atoms with Crippen LogP contribution in [0.2, 0.25) is 0 Å². The van der Waals surface area contributed by atoms with Gasteiger partial charge in [-0.2, -0.15) is 5.26 Å². The number of hydrogen-bond acceptors (Lipinski definition) is 3. The molecule has 1 saturated carbocycles. The molecule has 0 bridgehead atoms. The lowest BCUT2D eigenvalue weighted by atomic mass is 10.1. The minimum absolute atomic E-state index is 0.470. The topological polar surface area (TPSA) is 48.2 Å². The van der Waals surface area contributed by atoms with E-state index < -0.39 is 0 Å². The average molecular weight is 197 g/mol. The third kappa shape index (κ3) is 2.92. The monoisotopic (exact) mass is 197 g/mol. The largest absolute Gasteiger partial charge is 0.272 e. The highest BCUT2D eigenvalue weighted by Gasteiger charge is 2.40. The number of hydrogen-bond donors (Lipinski definition) is 1. The second kappa shape index (κ2) is 4.52. The number of thioether (sulfide) groups is 1. The van der Waals surface area contributed by atoms with Gasteiger partial charge in [0.25, 0.3) is 0 Å². The van der Waals surface area contributed by atoms with Crippen LogP contribution in [-0.4, -0.2) is 18.0 Å². The Labute approximate surface area is 83.6 Å². The van der Waals surface area contributed by atoms with Crippen molar-refractivity contribution in [1.82, 2.24) is 5.32 Å². The Morgan fingerprint density at radius 2 is 2.38 bits per heavy atom. The number of rotatable bonds is 3. The first kappa shape index (κ1) is 10.4. The van der Waals surface area contributed by atoms with Crippen molar-refractivity contribution in [2.24, 2.45) is 10.4 Å². The van der Waals surface area contributed by atoms with E-state index in [1.807, 2.05) is 12.4 Å². The third-order valence-corrected chi connectivity index (χ3v) is 3.24. The van der Waals surface area contributed by atoms with Gasteiger partial charge < -0.3 is 0 Å². The highest BCUT2D eigenvalue weighted by Crippen LogP contribution is 2.48. The molecule has 0 amide bonds. The second-order valence-electron chi connectivity index (χ2n) is 3.42. The van der Waals surface area contributed by atoms with Crippen LogP contribution in [0.15, 0.2) is 4.99 Å². The first-order valence-electron chi connectivity index (χ1n) is 4.50. The minimum atomic E-state index is 0.470. The lowest BCUT2D eigenvalue weighted by Gasteiger charge is -2.08. The van der Waals surface area contributed by atoms with E-state index in [0.29, 0.717) is 5.41 Å². The highest BCUT2D eigenvalue weighted by atomic mass is 32.2. The quantitative estimate of drug-likeness (QED) is 0.326. The summed E-state index contributed by atoms with van der Waals surface area (Å²) in [5.41, 5.74) is 0.470. The zero-order valence-corrected chi connectivity index (χ0v) is 8.95. The molecule has 0 atom stereocenters. The van der Waals surface area contributed by atoms with Gasteiger partial charge in [-0.1, -0.05) is 18.7 Å². The molecule has 1 aliphatic rings. The number of nitrogens with one attached hydrogen (secondary N) is 1. The number of nitriles is 1. The lowest BCUT2D eigenvalue weighted by Crippen LogP contribution is -2.15. The molecule has 1 fully saturated rings. The molecule has 0 unspecified atom stereocenters. The fourth-order valence-electron chi connectivity index (χ4n) is 1.24. The van der Waals surface area contributed by atoms with Gasteiger partial charge in [-0.15, -0.1) is 0 Å². The molecule has 1 aliphatic carbocycles. The summed E-state index contributed by atoms with van der Waals surface area (Å²) >= 11 is 1.49. The summed E-state index contributed by atoms with van der Waals surface area (Å²) in [6, 6.07) is 0. The molecule has 4 heteroatoms. The maximum absolute atomic E-state index is 8.41. The molecule has 3 nitrogen and oxygen atoms in total. The molecule has 0 spiro atoms. The summed E-state index contributed by atoms with van der Waals surface area (Å²) in [7, 11) is 0. The Balaban J connectivity index is 2.41. The first-order chi connectivity index (χ1) is 6.26. The van der Waals surface area contributed by atoms with Gasteiger partial charge in [0.2, 0.25) is 0 Å². The van der Waals surface area contributed by atoms with Gasteiger partial charge in [-0.05, 0) is 30.9 Å². The van der Waals surface area contributed by atoms with Gasteiger partial charge in [0.15, 0.2) is 11.4 Å². The number of amidine groups is 1. The van der Waals surface area contributed by atoms with Crippen LogP contribution in [0.25, 0.3) is 0 Å². The fraction of sp³-hybridized carbons (Fsp3) is 0.778. The van der Waals surface area contributed by atoms with Crippen LogP contribution in [-0.2, 0) is 0 Å². The van der Waals surface area contributed by atoms with Crippen LogP contribution < -0.4 is 5.32 Å². The van der Waals surface area contributed by atoms with E-state index in [0.717, 1.165) is 11.7 Å². The Morgan fingerprint density at radius 1 is 1.69 bits per heavy atom. The summed E-state index contributed by atoms with van der Waals surface area (Å²) < 4.78 is 0. The normalized spacial score (nSPS) is 19.3. The van der Waals surface area contributed by atoms with Crippen LogP contribution in [0.1, 0.15) is 26.2 Å². The Morgan fingerprint density at radius 3 is 2.77 bits per heavy atom. The summed E-state index contributed by atoms with van der Waals surface area (Å²) in [4.78, 5) is 4.38. The van der Waals surface area contributed by atoms with E-state index in [1.54, 1.807) is 0 Å². The molecule has 0 aromatic heterocycles. The van der Waals surface area contributed by atoms with Gasteiger partial charge in [-0.25, -0.2) is 0 Å². The van der Waals surface area contributed by atoms with Crippen LogP contribution in [0.5, 0.6) is 0 Å². The van der Waals surface area contributed by atoms with Gasteiger partial charge >= 0.3 is 0 Å². The highest BCUT2D eigenvalue weighted by molar-refractivity contribution is 8.13. The minimum Gasteiger partial charge on any atom is -0.272 e. The molecule has 72 valence electrons. The molecular weight excluding hydrogens is 182 g/mol. The molecule has 0 aromatic carbocycles. The fourth-order valence-corrected chi connectivity index (χ4v) is 1.58. The van der Waals surface area contributed by atoms with E-state index in [2.05, 4.69) is 17.2 Å². The van der Waals surface area contributed by atoms with Crippen molar-refractivity contribution in [1.29, 1.82) is 5.26 Å². The summed E-state index contributed by atoms with van der Waals surface area (Å²) in [5, 5.41) is 11.7. The van der Waals surface area contributed by atoms with Crippen LogP contribution in [0.4, 0.5) is 0 Å². The number of aliphatic imine (C=N–C) groups is 1. The maximum atomic E-state index is 8.41. The van der Waals surface area contributed by atoms with Crippen LogP contribution in [0.3, 0.4) is 0 Å². The molecule has 1 N–H and O–H groups in total. The standard InChI is InChI=1S/C9H15N3S/c1-3-9(4-5-9)6-11-8(13-2)12-7-10/h3-6H2,1-2H3,(H,11,12). The summed E-state index contributed by atoms with van der Waals surface area (Å²) in [6.45, 7) is 3.08. The van der Waals surface area contributed by atoms with Crippen molar-refractivity contribution in [3.63, 3.8) is 0 Å². The average Bonchev–Trinajstić information content (AvgIpc) is 2.93. The molecular formula is C9H15N3S. The molecule has 0 aliphatic heterocycles. The SMILES string of the molecule is CCC1(CN=C(NC#N)SC)CC1. The van der Waals surface area contributed by atoms with Crippen molar-refractivity contribution in [2.75, 3.05) is 12.8 Å². The predicted molar refractivity (Wildman–Crippen MR) is 56.5 cm³/mol. The molecule has 0 radical (unpaired) electrons. The molecule has 0 aromatic rings. The van der Waals surface area contributed by atoms with Crippen molar-refractivity contribution in [3.8, 4) is 6.19 Å². The summed E-state index contributed by atoms with van der Waals surface area (Å²) in [5.74, 6) is 0. The molecule has 1 rings (SSSR count). The zero-order valence-electron chi connectivity index (χ0n) is 8.13. The zero-order chi connectivity index (χ0) is 9.73. The number of nitrogens with zero attached hydrogens (tertiary/aromatic N) is 2. The van der Waals surface area contributed by atoms with Crippen molar-refractivity contribution in [2.45, 2.75) is 26.2 Å². The summed E-state index contributed by atoms with van der Waals surface area (Å²) in [6.07, 6.45) is 7.60. The third-order valence-electron chi connectivity index (χ3n) is 2.62. The molecule has 0 heterocycles. The van der Waals surface area contributed by atoms with Gasteiger partial charge in [0.1, 0.15) is 0 Å². The predicted octanol–water partition coefficient (Wildman–Crippen LogP) is 1.97. The van der Waals surface area contributed by atoms with Gasteiger partial charge in [-0.3, -0.25) is 10.3 Å². The molecule has 13 heavy (non-hydrogen) atoms. The second-order valence-corrected chi connectivity index (χ2v) is 4.21. The van der Waals surface area contributed by atoms with Crippen molar-refractivity contribution in [3.05, 3.63) is 0 Å². The first-order valence-corrected chi connectivity index (χ1v) is 5.72. The van der Waals surface area contributed by atoms with Crippen LogP contribution >= 0.6 is 11.8 Å². The van der Waals surface area contributed by atoms with Crippen molar-refractivity contribution >= 4 is 16.9 Å². The van der Waals surface area contributed by atoms with E-state index in [9.17, 15) is 0 Å². The Hall–Kier alpha value is -0.690. The Bertz CT molecular complexity index is 238. The van der Waals surface area contributed by atoms with E-state index in [1.165, 1.54) is 31.0 Å². The van der Waals surface area contributed by atoms with E-state index >= 15 is 0 Å².